The third-order valence-electron chi connectivity index (χ3n) is 3.78. The van der Waals surface area contributed by atoms with Crippen LogP contribution in [0.2, 0.25) is 0 Å². The molecule has 0 fully saturated rings. The predicted molar refractivity (Wildman–Crippen MR) is 97.2 cm³/mol. The molecule has 3 aromatic rings. The molecule has 1 aliphatic heterocycles. The zero-order valence-corrected chi connectivity index (χ0v) is 13.8. The van der Waals surface area contributed by atoms with Crippen LogP contribution in [-0.2, 0) is 0 Å². The van der Waals surface area contributed by atoms with E-state index in [1.165, 1.54) is 11.8 Å². The third kappa shape index (κ3) is 3.12. The maximum absolute atomic E-state index is 12.4. The van der Waals surface area contributed by atoms with Crippen molar-refractivity contribution in [3.8, 4) is 0 Å². The lowest BCUT2D eigenvalue weighted by Gasteiger charge is -2.09. The van der Waals surface area contributed by atoms with Crippen molar-refractivity contribution in [1.82, 2.24) is 4.98 Å². The Labute approximate surface area is 148 Å². The number of pyridine rings is 1. The summed E-state index contributed by atoms with van der Waals surface area (Å²) < 4.78 is 0. The number of aromatic nitrogens is 1. The fourth-order valence-electron chi connectivity index (χ4n) is 2.55. The largest absolute Gasteiger partial charge is 0.322 e. The van der Waals surface area contributed by atoms with Crippen LogP contribution >= 0.6 is 11.8 Å². The Morgan fingerprint density at radius 2 is 1.80 bits per heavy atom. The van der Waals surface area contributed by atoms with Gasteiger partial charge in [-0.1, -0.05) is 23.9 Å². The van der Waals surface area contributed by atoms with Crippen molar-refractivity contribution in [2.45, 2.75) is 9.79 Å². The number of amides is 2. The van der Waals surface area contributed by atoms with Gasteiger partial charge >= 0.3 is 0 Å². The van der Waals surface area contributed by atoms with E-state index in [0.717, 1.165) is 9.79 Å². The quantitative estimate of drug-likeness (QED) is 0.734. The number of nitrogens with zero attached hydrogens (tertiary/aromatic N) is 1. The van der Waals surface area contributed by atoms with Crippen molar-refractivity contribution in [3.05, 3.63) is 78.1 Å². The van der Waals surface area contributed by atoms with E-state index >= 15 is 0 Å². The van der Waals surface area contributed by atoms with E-state index in [1.807, 2.05) is 24.3 Å². The van der Waals surface area contributed by atoms with E-state index in [4.69, 9.17) is 0 Å². The second kappa shape index (κ2) is 6.41. The molecule has 4 rings (SSSR count). The summed E-state index contributed by atoms with van der Waals surface area (Å²) in [6, 6.07) is 16.2. The van der Waals surface area contributed by atoms with Crippen LogP contribution in [0.4, 0.5) is 11.4 Å². The fraction of sp³-hybridized carbons (Fsp3) is 0. The molecule has 2 amide bonds. The summed E-state index contributed by atoms with van der Waals surface area (Å²) >= 11 is 1.51. The van der Waals surface area contributed by atoms with Gasteiger partial charge in [0, 0.05) is 33.4 Å². The summed E-state index contributed by atoms with van der Waals surface area (Å²) in [6.07, 6.45) is 3.22. The van der Waals surface area contributed by atoms with Crippen LogP contribution in [0.25, 0.3) is 0 Å². The first-order valence-corrected chi connectivity index (χ1v) is 8.46. The van der Waals surface area contributed by atoms with Crippen LogP contribution in [0.1, 0.15) is 20.7 Å². The van der Waals surface area contributed by atoms with Gasteiger partial charge in [0.1, 0.15) is 0 Å². The highest BCUT2D eigenvalue weighted by Crippen LogP contribution is 2.39. The van der Waals surface area contributed by atoms with E-state index in [9.17, 15) is 9.59 Å². The molecule has 25 heavy (non-hydrogen) atoms. The van der Waals surface area contributed by atoms with Gasteiger partial charge in [-0.25, -0.2) is 0 Å². The summed E-state index contributed by atoms with van der Waals surface area (Å²) in [5, 5.41) is 5.70. The van der Waals surface area contributed by atoms with Crippen LogP contribution in [0.15, 0.2) is 76.8 Å². The molecule has 122 valence electrons. The number of hydrogen-bond acceptors (Lipinski definition) is 4. The lowest BCUT2D eigenvalue weighted by Crippen LogP contribution is -2.14. The molecule has 0 saturated heterocycles. The Hall–Kier alpha value is -3.12. The van der Waals surface area contributed by atoms with Gasteiger partial charge in [0.15, 0.2) is 0 Å². The average molecular weight is 347 g/mol. The lowest BCUT2D eigenvalue weighted by atomic mass is 10.1. The molecule has 5 nitrogen and oxygen atoms in total. The van der Waals surface area contributed by atoms with Crippen LogP contribution < -0.4 is 10.6 Å². The molecule has 0 aliphatic carbocycles. The average Bonchev–Trinajstić information content (AvgIpc) is 2.78. The van der Waals surface area contributed by atoms with Crippen LogP contribution in [-0.4, -0.2) is 16.8 Å². The van der Waals surface area contributed by atoms with Gasteiger partial charge < -0.3 is 10.6 Å². The topological polar surface area (TPSA) is 71.1 Å². The van der Waals surface area contributed by atoms with Gasteiger partial charge in [-0.3, -0.25) is 14.6 Å². The highest BCUT2D eigenvalue weighted by Gasteiger charge is 2.20. The smallest absolute Gasteiger partial charge is 0.256 e. The monoisotopic (exact) mass is 347 g/mol. The predicted octanol–water partition coefficient (Wildman–Crippen LogP) is 4.05. The van der Waals surface area contributed by atoms with Crippen molar-refractivity contribution >= 4 is 35.0 Å². The number of anilines is 2. The van der Waals surface area contributed by atoms with Crippen LogP contribution in [0.5, 0.6) is 0 Å². The molecule has 0 atom stereocenters. The maximum Gasteiger partial charge on any atom is 0.256 e. The van der Waals surface area contributed by atoms with E-state index in [0.29, 0.717) is 22.5 Å². The molecule has 0 bridgehead atoms. The van der Waals surface area contributed by atoms with E-state index in [1.54, 1.807) is 42.7 Å². The highest BCUT2D eigenvalue weighted by atomic mass is 32.2. The van der Waals surface area contributed by atoms with Gasteiger partial charge in [0.25, 0.3) is 11.8 Å². The second-order valence-corrected chi connectivity index (χ2v) is 6.54. The van der Waals surface area contributed by atoms with Gasteiger partial charge in [-0.05, 0) is 42.5 Å². The number of nitrogens with one attached hydrogen (secondary N) is 2. The molecular formula is C19H13N3O2S. The van der Waals surface area contributed by atoms with Gasteiger partial charge in [0.2, 0.25) is 0 Å². The molecular weight excluding hydrogens is 334 g/mol. The highest BCUT2D eigenvalue weighted by molar-refractivity contribution is 7.99. The molecule has 1 aromatic heterocycles. The Morgan fingerprint density at radius 3 is 2.64 bits per heavy atom. The zero-order chi connectivity index (χ0) is 17.2. The number of fused-ring (bicyclic) bond motifs is 2. The summed E-state index contributed by atoms with van der Waals surface area (Å²) in [6.45, 7) is 0. The van der Waals surface area contributed by atoms with E-state index in [-0.39, 0.29) is 11.8 Å². The third-order valence-corrected chi connectivity index (χ3v) is 4.93. The Balaban J connectivity index is 1.64. The fourth-order valence-corrected chi connectivity index (χ4v) is 3.56. The summed E-state index contributed by atoms with van der Waals surface area (Å²) in [4.78, 5) is 30.6. The van der Waals surface area contributed by atoms with Gasteiger partial charge in [-0.2, -0.15) is 0 Å². The first-order chi connectivity index (χ1) is 12.2. The number of benzene rings is 2. The van der Waals surface area contributed by atoms with E-state index < -0.39 is 0 Å². The molecule has 2 aromatic carbocycles. The molecule has 2 N–H and O–H groups in total. The summed E-state index contributed by atoms with van der Waals surface area (Å²) in [5.74, 6) is -0.413. The second-order valence-electron chi connectivity index (χ2n) is 5.45. The standard InChI is InChI=1S/C19H13N3O2S/c23-18(21-13-7-9-20-10-8-13)12-5-6-17-15(11-12)22-19(24)14-3-1-2-4-16(14)25-17/h1-11H,(H,22,24)(H,20,21,23). The number of hydrogen-bond donors (Lipinski definition) is 2. The first kappa shape index (κ1) is 15.4. The van der Waals surface area contributed by atoms with Crippen molar-refractivity contribution in [3.63, 3.8) is 0 Å². The lowest BCUT2D eigenvalue weighted by molar-refractivity contribution is 0.101. The summed E-state index contributed by atoms with van der Waals surface area (Å²) in [7, 11) is 0. The van der Waals surface area contributed by atoms with Crippen LogP contribution in [0.3, 0.4) is 0 Å². The Bertz CT molecular complexity index is 973. The van der Waals surface area contributed by atoms with Crippen LogP contribution in [0, 0.1) is 0 Å². The maximum atomic E-state index is 12.4. The minimum atomic E-state index is -0.241. The van der Waals surface area contributed by atoms with Gasteiger partial charge in [-0.15, -0.1) is 0 Å². The molecule has 0 unspecified atom stereocenters. The zero-order valence-electron chi connectivity index (χ0n) is 13.0. The number of carbonyl (C=O) groups excluding carboxylic acids is 2. The molecule has 1 aliphatic rings. The minimum absolute atomic E-state index is 0.173. The number of rotatable bonds is 2. The first-order valence-electron chi connectivity index (χ1n) is 7.64. The molecule has 0 saturated carbocycles. The number of carbonyl (C=O) groups is 2. The van der Waals surface area contributed by atoms with Crippen molar-refractivity contribution in [2.75, 3.05) is 10.6 Å². The SMILES string of the molecule is O=C(Nc1ccncc1)c1ccc2c(c1)NC(=O)c1ccccc1S2. The normalized spacial score (nSPS) is 12.4. The Morgan fingerprint density at radius 1 is 1.00 bits per heavy atom. The van der Waals surface area contributed by atoms with Crippen molar-refractivity contribution in [1.29, 1.82) is 0 Å². The molecule has 6 heteroatoms. The van der Waals surface area contributed by atoms with Gasteiger partial charge in [0.05, 0.1) is 11.3 Å². The Kier molecular flexibility index (Phi) is 3.95. The molecule has 0 spiro atoms. The molecule has 0 radical (unpaired) electrons. The van der Waals surface area contributed by atoms with Crippen molar-refractivity contribution in [2.24, 2.45) is 0 Å². The van der Waals surface area contributed by atoms with E-state index in [2.05, 4.69) is 15.6 Å². The molecule has 2 heterocycles. The minimum Gasteiger partial charge on any atom is -0.322 e. The van der Waals surface area contributed by atoms with Crippen molar-refractivity contribution < 1.29 is 9.59 Å². The summed E-state index contributed by atoms with van der Waals surface area (Å²) in [5.41, 5.74) is 2.41.